The Labute approximate surface area is 206 Å². The predicted octanol–water partition coefficient (Wildman–Crippen LogP) is 3.85. The third kappa shape index (κ3) is 4.83. The number of piperidine rings is 1. The molecule has 0 radical (unpaired) electrons. The van der Waals surface area contributed by atoms with Crippen molar-refractivity contribution in [3.63, 3.8) is 0 Å². The van der Waals surface area contributed by atoms with Crippen LogP contribution in [0.3, 0.4) is 0 Å². The van der Waals surface area contributed by atoms with Gasteiger partial charge in [-0.15, -0.1) is 0 Å². The van der Waals surface area contributed by atoms with E-state index < -0.39 is 6.04 Å². The lowest BCUT2D eigenvalue weighted by Gasteiger charge is -2.37. The van der Waals surface area contributed by atoms with Crippen molar-refractivity contribution in [2.24, 2.45) is 5.92 Å². The molecule has 0 aliphatic carbocycles. The Morgan fingerprint density at radius 2 is 1.86 bits per heavy atom. The van der Waals surface area contributed by atoms with E-state index in [0.717, 1.165) is 24.0 Å². The van der Waals surface area contributed by atoms with Gasteiger partial charge in [-0.3, -0.25) is 14.4 Å². The van der Waals surface area contributed by atoms with E-state index in [0.29, 0.717) is 42.1 Å². The van der Waals surface area contributed by atoms with E-state index in [-0.39, 0.29) is 29.7 Å². The maximum Gasteiger partial charge on any atom is 0.256 e. The number of ether oxygens (including phenoxy) is 2. The molecule has 1 fully saturated rings. The van der Waals surface area contributed by atoms with Crippen LogP contribution in [-0.2, 0) is 9.59 Å². The van der Waals surface area contributed by atoms with E-state index in [1.807, 2.05) is 32.0 Å². The number of hydrogen-bond acceptors (Lipinski definition) is 5. The van der Waals surface area contributed by atoms with Crippen LogP contribution in [0.25, 0.3) is 11.1 Å². The molecule has 2 aliphatic heterocycles. The first-order valence-electron chi connectivity index (χ1n) is 12.2. The average molecular weight is 480 g/mol. The fraction of sp³-hybridized carbons (Fsp3) is 0.444. The summed E-state index contributed by atoms with van der Waals surface area (Å²) in [5, 5.41) is 6.03. The summed E-state index contributed by atoms with van der Waals surface area (Å²) >= 11 is 0. The lowest BCUT2D eigenvalue weighted by Crippen LogP contribution is -2.55. The summed E-state index contributed by atoms with van der Waals surface area (Å²) in [6.07, 6.45) is 2.57. The fourth-order valence-corrected chi connectivity index (χ4v) is 4.97. The molecule has 3 amide bonds. The van der Waals surface area contributed by atoms with Gasteiger partial charge in [-0.2, -0.15) is 0 Å². The molecule has 0 spiro atoms. The number of carbonyl (C=O) groups excluding carboxylic acids is 3. The summed E-state index contributed by atoms with van der Waals surface area (Å²) in [7, 11) is 3.18. The third-order valence-corrected chi connectivity index (χ3v) is 7.10. The number of fused-ring (bicyclic) bond motifs is 2. The van der Waals surface area contributed by atoms with E-state index in [4.69, 9.17) is 9.47 Å². The number of nitrogens with one attached hydrogen (secondary N) is 2. The molecule has 4 rings (SSSR count). The maximum atomic E-state index is 13.6. The van der Waals surface area contributed by atoms with Crippen LogP contribution in [0.15, 0.2) is 36.4 Å². The van der Waals surface area contributed by atoms with Gasteiger partial charge in [0.1, 0.15) is 17.5 Å². The monoisotopic (exact) mass is 479 g/mol. The van der Waals surface area contributed by atoms with Gasteiger partial charge in [-0.25, -0.2) is 0 Å². The Bertz CT molecular complexity index is 1130. The summed E-state index contributed by atoms with van der Waals surface area (Å²) in [6.45, 7) is 4.40. The minimum atomic E-state index is -0.630. The summed E-state index contributed by atoms with van der Waals surface area (Å²) < 4.78 is 10.8. The van der Waals surface area contributed by atoms with Crippen LogP contribution < -0.4 is 20.1 Å². The molecule has 2 aromatic carbocycles. The molecule has 2 aliphatic rings. The fourth-order valence-electron chi connectivity index (χ4n) is 4.97. The van der Waals surface area contributed by atoms with E-state index >= 15 is 0 Å². The van der Waals surface area contributed by atoms with E-state index in [1.165, 1.54) is 0 Å². The second-order valence-electron chi connectivity index (χ2n) is 9.07. The lowest BCUT2D eigenvalue weighted by molar-refractivity contribution is -0.127. The van der Waals surface area contributed by atoms with Crippen molar-refractivity contribution in [2.75, 3.05) is 26.1 Å². The van der Waals surface area contributed by atoms with Crippen molar-refractivity contribution < 1.29 is 23.9 Å². The molecule has 2 unspecified atom stereocenters. The van der Waals surface area contributed by atoms with Gasteiger partial charge in [-0.1, -0.05) is 19.9 Å². The van der Waals surface area contributed by atoms with Gasteiger partial charge in [-0.05, 0) is 55.5 Å². The molecule has 8 heteroatoms. The summed E-state index contributed by atoms with van der Waals surface area (Å²) in [5.41, 5.74) is 2.55. The molecule has 8 nitrogen and oxygen atoms in total. The van der Waals surface area contributed by atoms with Gasteiger partial charge in [0.25, 0.3) is 5.91 Å². The molecule has 0 aromatic heterocycles. The highest BCUT2D eigenvalue weighted by atomic mass is 16.5. The minimum absolute atomic E-state index is 0.0233. The van der Waals surface area contributed by atoms with Crippen molar-refractivity contribution >= 4 is 23.4 Å². The minimum Gasteiger partial charge on any atom is -0.497 e. The van der Waals surface area contributed by atoms with Crippen LogP contribution in [0, 0.1) is 5.92 Å². The van der Waals surface area contributed by atoms with Gasteiger partial charge in [0.2, 0.25) is 11.8 Å². The van der Waals surface area contributed by atoms with Crippen LogP contribution in [0.5, 0.6) is 11.5 Å². The number of rotatable bonds is 7. The van der Waals surface area contributed by atoms with Crippen LogP contribution in [0.4, 0.5) is 5.69 Å². The summed E-state index contributed by atoms with van der Waals surface area (Å²) in [6, 6.07) is 10.2. The number of benzene rings is 2. The van der Waals surface area contributed by atoms with Crippen LogP contribution in [0.2, 0.25) is 0 Å². The zero-order valence-corrected chi connectivity index (χ0v) is 20.7. The molecule has 2 atom stereocenters. The molecule has 2 aromatic rings. The number of amides is 3. The molecule has 35 heavy (non-hydrogen) atoms. The SMILES string of the molecule is CCC(CC)C(=O)NC1CCN2C(=O)c3cc(-c4ccc(OC)cc4OC)ccc3NC(=O)C2C1. The molecular formula is C27H33N3O5. The van der Waals surface area contributed by atoms with Crippen LogP contribution in [0.1, 0.15) is 49.9 Å². The smallest absolute Gasteiger partial charge is 0.256 e. The van der Waals surface area contributed by atoms with E-state index in [9.17, 15) is 14.4 Å². The molecule has 2 N–H and O–H groups in total. The van der Waals surface area contributed by atoms with Gasteiger partial charge in [0.05, 0.1) is 25.5 Å². The molecule has 2 heterocycles. The molecular weight excluding hydrogens is 446 g/mol. The quantitative estimate of drug-likeness (QED) is 0.629. The van der Waals surface area contributed by atoms with Gasteiger partial charge in [0.15, 0.2) is 0 Å². The first-order valence-corrected chi connectivity index (χ1v) is 12.2. The first-order chi connectivity index (χ1) is 16.9. The van der Waals surface area contributed by atoms with Crippen molar-refractivity contribution in [2.45, 2.75) is 51.6 Å². The zero-order valence-electron chi connectivity index (χ0n) is 20.7. The Balaban J connectivity index is 1.59. The number of nitrogens with zero attached hydrogens (tertiary/aromatic N) is 1. The average Bonchev–Trinajstić information content (AvgIpc) is 2.98. The Morgan fingerprint density at radius 3 is 2.54 bits per heavy atom. The van der Waals surface area contributed by atoms with Crippen LogP contribution in [-0.4, -0.2) is 55.5 Å². The van der Waals surface area contributed by atoms with Gasteiger partial charge >= 0.3 is 0 Å². The van der Waals surface area contributed by atoms with Gasteiger partial charge in [0, 0.05) is 30.1 Å². The van der Waals surface area contributed by atoms with Crippen LogP contribution >= 0.6 is 0 Å². The Hall–Kier alpha value is -3.55. The lowest BCUT2D eigenvalue weighted by atomic mass is 9.94. The van der Waals surface area contributed by atoms with Crippen molar-refractivity contribution in [1.82, 2.24) is 10.2 Å². The Morgan fingerprint density at radius 1 is 1.09 bits per heavy atom. The predicted molar refractivity (Wildman–Crippen MR) is 134 cm³/mol. The molecule has 0 bridgehead atoms. The second kappa shape index (κ2) is 10.4. The van der Waals surface area contributed by atoms with Crippen molar-refractivity contribution in [3.8, 4) is 22.6 Å². The van der Waals surface area contributed by atoms with Crippen molar-refractivity contribution in [3.05, 3.63) is 42.0 Å². The highest BCUT2D eigenvalue weighted by Gasteiger charge is 2.40. The normalized spacial score (nSPS) is 19.4. The second-order valence-corrected chi connectivity index (χ2v) is 9.07. The molecule has 186 valence electrons. The standard InChI is InChI=1S/C27H33N3O5/c1-5-16(6-2)25(31)28-18-11-12-30-23(14-18)26(32)29-22-10-7-17(13-21(22)27(30)33)20-9-8-19(34-3)15-24(20)35-4/h7-10,13,15-16,18,23H,5-6,11-12,14H2,1-4H3,(H,28,31)(H,29,32). The van der Waals surface area contributed by atoms with Gasteiger partial charge < -0.3 is 25.0 Å². The number of hydrogen-bond donors (Lipinski definition) is 2. The number of carbonyl (C=O) groups is 3. The number of methoxy groups -OCH3 is 2. The summed E-state index contributed by atoms with van der Waals surface area (Å²) in [4.78, 5) is 40.9. The summed E-state index contributed by atoms with van der Waals surface area (Å²) in [5.74, 6) is 0.869. The third-order valence-electron chi connectivity index (χ3n) is 7.10. The highest BCUT2D eigenvalue weighted by Crippen LogP contribution is 2.37. The van der Waals surface area contributed by atoms with E-state index in [1.54, 1.807) is 37.3 Å². The topological polar surface area (TPSA) is 97.0 Å². The van der Waals surface area contributed by atoms with E-state index in [2.05, 4.69) is 10.6 Å². The molecule has 1 saturated heterocycles. The Kier molecular flexibility index (Phi) is 7.28. The largest absolute Gasteiger partial charge is 0.497 e. The van der Waals surface area contributed by atoms with Crippen molar-refractivity contribution in [1.29, 1.82) is 0 Å². The first kappa shape index (κ1) is 24.6. The zero-order chi connectivity index (χ0) is 25.1. The highest BCUT2D eigenvalue weighted by molar-refractivity contribution is 6.10. The maximum absolute atomic E-state index is 13.6. The molecule has 0 saturated carbocycles. The number of anilines is 1.